The first-order valence-electron chi connectivity index (χ1n) is 8.58. The van der Waals surface area contributed by atoms with Crippen LogP contribution in [0.5, 0.6) is 11.5 Å². The van der Waals surface area contributed by atoms with Gasteiger partial charge in [-0.15, -0.1) is 0 Å². The number of aromatic amines is 2. The van der Waals surface area contributed by atoms with Gasteiger partial charge in [-0.3, -0.25) is 14.6 Å². The Morgan fingerprint density at radius 3 is 2.57 bits per heavy atom. The van der Waals surface area contributed by atoms with Crippen molar-refractivity contribution in [1.29, 1.82) is 0 Å². The number of aryl methyl sites for hydroxylation is 1. The molecule has 0 aliphatic rings. The van der Waals surface area contributed by atoms with Gasteiger partial charge in [0, 0.05) is 11.3 Å². The molecule has 1 heterocycles. The standard InChI is InChI=1S/C18H21BrN4O5/c1-4-27-14-7-11(6-13(19)16(14)28-5-2)9-20-23-15(24)8-12-10(3)21-18(26)22-17(12)25/h6-7,9H,4-5,8H2,1-3H3,(H,23,24)(H2,21,22,25,26)/b20-9-. The summed E-state index contributed by atoms with van der Waals surface area (Å²) < 4.78 is 11.9. The molecule has 0 aliphatic carbocycles. The molecular weight excluding hydrogens is 432 g/mol. The second-order valence-electron chi connectivity index (χ2n) is 5.68. The number of hydrogen-bond acceptors (Lipinski definition) is 6. The molecule has 1 aromatic heterocycles. The summed E-state index contributed by atoms with van der Waals surface area (Å²) in [5.74, 6) is 0.659. The van der Waals surface area contributed by atoms with Crippen LogP contribution in [0.2, 0.25) is 0 Å². The first-order chi connectivity index (χ1) is 13.3. The predicted octanol–water partition coefficient (Wildman–Crippen LogP) is 1.62. The Labute approximate surface area is 169 Å². The average molecular weight is 453 g/mol. The second kappa shape index (κ2) is 9.88. The van der Waals surface area contributed by atoms with Crippen molar-refractivity contribution < 1.29 is 14.3 Å². The minimum atomic E-state index is -0.615. The molecule has 10 heteroatoms. The van der Waals surface area contributed by atoms with E-state index in [0.717, 1.165) is 0 Å². The van der Waals surface area contributed by atoms with Crippen molar-refractivity contribution in [2.75, 3.05) is 13.2 Å². The van der Waals surface area contributed by atoms with Crippen LogP contribution in [0, 0.1) is 6.92 Å². The second-order valence-corrected chi connectivity index (χ2v) is 6.53. The van der Waals surface area contributed by atoms with Gasteiger partial charge in [0.25, 0.3) is 5.56 Å². The number of carbonyl (C=O) groups is 1. The van der Waals surface area contributed by atoms with Crippen molar-refractivity contribution in [1.82, 2.24) is 15.4 Å². The highest BCUT2D eigenvalue weighted by Crippen LogP contribution is 2.36. The number of amides is 1. The van der Waals surface area contributed by atoms with E-state index in [1.165, 1.54) is 6.21 Å². The van der Waals surface area contributed by atoms with Crippen molar-refractivity contribution in [3.8, 4) is 11.5 Å². The van der Waals surface area contributed by atoms with Gasteiger partial charge >= 0.3 is 5.69 Å². The number of hydrogen-bond donors (Lipinski definition) is 3. The van der Waals surface area contributed by atoms with Crippen molar-refractivity contribution in [3.63, 3.8) is 0 Å². The quantitative estimate of drug-likeness (QED) is 0.414. The number of aromatic nitrogens is 2. The first kappa shape index (κ1) is 21.4. The van der Waals surface area contributed by atoms with Gasteiger partial charge in [0.05, 0.1) is 30.3 Å². The summed E-state index contributed by atoms with van der Waals surface area (Å²) >= 11 is 3.43. The van der Waals surface area contributed by atoms with Gasteiger partial charge in [-0.1, -0.05) is 0 Å². The van der Waals surface area contributed by atoms with Crippen LogP contribution in [0.15, 0.2) is 31.3 Å². The average Bonchev–Trinajstić information content (AvgIpc) is 2.61. The third-order valence-corrected chi connectivity index (χ3v) is 4.20. The Morgan fingerprint density at radius 1 is 1.21 bits per heavy atom. The van der Waals surface area contributed by atoms with Crippen molar-refractivity contribution in [2.24, 2.45) is 5.10 Å². The summed E-state index contributed by atoms with van der Waals surface area (Å²) in [5.41, 5.74) is 2.33. The largest absolute Gasteiger partial charge is 0.490 e. The molecule has 1 aromatic carbocycles. The van der Waals surface area contributed by atoms with Crippen LogP contribution in [0.1, 0.15) is 30.7 Å². The zero-order chi connectivity index (χ0) is 20.7. The van der Waals surface area contributed by atoms with Gasteiger partial charge in [0.15, 0.2) is 11.5 Å². The number of ether oxygens (including phenoxy) is 2. The lowest BCUT2D eigenvalue weighted by Gasteiger charge is -2.13. The highest BCUT2D eigenvalue weighted by atomic mass is 79.9. The molecule has 1 amide bonds. The molecule has 3 N–H and O–H groups in total. The molecular formula is C18H21BrN4O5. The van der Waals surface area contributed by atoms with Crippen molar-refractivity contribution in [2.45, 2.75) is 27.2 Å². The van der Waals surface area contributed by atoms with E-state index in [1.807, 2.05) is 13.8 Å². The van der Waals surface area contributed by atoms with Gasteiger partial charge < -0.3 is 14.5 Å². The van der Waals surface area contributed by atoms with Gasteiger partial charge in [-0.05, 0) is 54.4 Å². The molecule has 0 bridgehead atoms. The van der Waals surface area contributed by atoms with Crippen LogP contribution in [0.4, 0.5) is 0 Å². The maximum Gasteiger partial charge on any atom is 0.325 e. The van der Waals surface area contributed by atoms with Crippen LogP contribution in [0.3, 0.4) is 0 Å². The zero-order valence-corrected chi connectivity index (χ0v) is 17.3. The maximum atomic E-state index is 12.0. The molecule has 0 saturated heterocycles. The highest BCUT2D eigenvalue weighted by Gasteiger charge is 2.12. The van der Waals surface area contributed by atoms with Crippen LogP contribution in [0.25, 0.3) is 0 Å². The third kappa shape index (κ3) is 5.56. The summed E-state index contributed by atoms with van der Waals surface area (Å²) in [6, 6.07) is 3.52. The predicted molar refractivity (Wildman–Crippen MR) is 108 cm³/mol. The molecule has 0 aliphatic heterocycles. The fourth-order valence-corrected chi connectivity index (χ4v) is 3.00. The fraction of sp³-hybridized carbons (Fsp3) is 0.333. The van der Waals surface area contributed by atoms with Gasteiger partial charge in [-0.2, -0.15) is 5.10 Å². The Morgan fingerprint density at radius 2 is 1.93 bits per heavy atom. The number of nitrogens with one attached hydrogen (secondary N) is 3. The SMILES string of the molecule is CCOc1cc(/C=N\NC(=O)Cc2c(C)[nH]c(=O)[nH]c2=O)cc(Br)c1OCC. The summed E-state index contributed by atoms with van der Waals surface area (Å²) in [6.45, 7) is 6.25. The van der Waals surface area contributed by atoms with Gasteiger partial charge in [0.1, 0.15) is 0 Å². The molecule has 0 saturated carbocycles. The molecule has 28 heavy (non-hydrogen) atoms. The van der Waals surface area contributed by atoms with E-state index in [0.29, 0.717) is 40.4 Å². The van der Waals surface area contributed by atoms with Crippen LogP contribution >= 0.6 is 15.9 Å². The van der Waals surface area contributed by atoms with Gasteiger partial charge in [-0.25, -0.2) is 10.2 Å². The lowest BCUT2D eigenvalue weighted by atomic mass is 10.1. The molecule has 0 radical (unpaired) electrons. The summed E-state index contributed by atoms with van der Waals surface area (Å²) in [6.07, 6.45) is 1.23. The molecule has 0 atom stereocenters. The normalized spacial score (nSPS) is 10.9. The topological polar surface area (TPSA) is 126 Å². The van der Waals surface area contributed by atoms with Crippen molar-refractivity contribution >= 4 is 28.1 Å². The van der Waals surface area contributed by atoms with Crippen LogP contribution < -0.4 is 26.1 Å². The lowest BCUT2D eigenvalue weighted by Crippen LogP contribution is -2.30. The Balaban J connectivity index is 2.11. The molecule has 9 nitrogen and oxygen atoms in total. The third-order valence-electron chi connectivity index (χ3n) is 3.62. The van der Waals surface area contributed by atoms with E-state index in [9.17, 15) is 14.4 Å². The molecule has 2 rings (SSSR count). The maximum absolute atomic E-state index is 12.0. The molecule has 0 fully saturated rings. The number of nitrogens with zero attached hydrogens (tertiary/aromatic N) is 1. The Bertz CT molecular complexity index is 996. The highest BCUT2D eigenvalue weighted by molar-refractivity contribution is 9.10. The van der Waals surface area contributed by atoms with Crippen molar-refractivity contribution in [3.05, 3.63) is 54.3 Å². The van der Waals surface area contributed by atoms with E-state index in [1.54, 1.807) is 19.1 Å². The number of hydrazone groups is 1. The number of carbonyl (C=O) groups excluding carboxylic acids is 1. The molecule has 2 aromatic rings. The number of benzene rings is 1. The Kier molecular flexibility index (Phi) is 7.56. The smallest absolute Gasteiger partial charge is 0.325 e. The van der Waals surface area contributed by atoms with Gasteiger partial charge in [0.2, 0.25) is 5.91 Å². The van der Waals surface area contributed by atoms with Crippen LogP contribution in [-0.2, 0) is 11.2 Å². The fourth-order valence-electron chi connectivity index (χ4n) is 2.43. The summed E-state index contributed by atoms with van der Waals surface area (Å²) in [4.78, 5) is 39.6. The lowest BCUT2D eigenvalue weighted by molar-refractivity contribution is -0.120. The molecule has 0 unspecified atom stereocenters. The number of rotatable bonds is 8. The van der Waals surface area contributed by atoms with E-state index in [4.69, 9.17) is 9.47 Å². The van der Waals surface area contributed by atoms with E-state index in [-0.39, 0.29) is 12.0 Å². The zero-order valence-electron chi connectivity index (χ0n) is 15.7. The van der Waals surface area contributed by atoms with E-state index < -0.39 is 17.2 Å². The number of halogens is 1. The molecule has 0 spiro atoms. The summed E-state index contributed by atoms with van der Waals surface area (Å²) in [5, 5.41) is 3.91. The minimum absolute atomic E-state index is 0.176. The van der Waals surface area contributed by atoms with E-state index in [2.05, 4.69) is 36.4 Å². The summed E-state index contributed by atoms with van der Waals surface area (Å²) in [7, 11) is 0. The molecule has 150 valence electrons. The monoisotopic (exact) mass is 452 g/mol. The minimum Gasteiger partial charge on any atom is -0.490 e. The van der Waals surface area contributed by atoms with E-state index >= 15 is 0 Å². The van der Waals surface area contributed by atoms with Crippen LogP contribution in [-0.4, -0.2) is 35.3 Å². The number of H-pyrrole nitrogens is 2. The first-order valence-corrected chi connectivity index (χ1v) is 9.38. The Hall–Kier alpha value is -2.88.